The monoisotopic (exact) mass is 581 g/mol. The van der Waals surface area contributed by atoms with Crippen molar-refractivity contribution >= 4 is 39.1 Å². The first-order chi connectivity index (χ1) is 19.0. The minimum absolute atomic E-state index is 0.0841. The van der Waals surface area contributed by atoms with Gasteiger partial charge in [-0.3, -0.25) is 13.9 Å². The van der Waals surface area contributed by atoms with Crippen LogP contribution in [-0.2, 0) is 26.2 Å². The maximum Gasteiger partial charge on any atom is 0.264 e. The van der Waals surface area contributed by atoms with Gasteiger partial charge in [-0.25, -0.2) is 8.42 Å². The van der Waals surface area contributed by atoms with Crippen molar-refractivity contribution in [1.29, 1.82) is 0 Å². The zero-order valence-electron chi connectivity index (χ0n) is 23.1. The second kappa shape index (κ2) is 12.9. The minimum atomic E-state index is -4.10. The van der Waals surface area contributed by atoms with Crippen molar-refractivity contribution in [1.82, 2.24) is 10.2 Å². The molecule has 4 rings (SSSR count). The third-order valence-electron chi connectivity index (χ3n) is 7.29. The average molecular weight is 582 g/mol. The Labute approximate surface area is 242 Å². The molecule has 0 heterocycles. The van der Waals surface area contributed by atoms with E-state index < -0.39 is 28.5 Å². The van der Waals surface area contributed by atoms with E-state index in [4.69, 9.17) is 11.6 Å². The first-order valence-corrected chi connectivity index (χ1v) is 15.4. The van der Waals surface area contributed by atoms with Crippen LogP contribution in [0.15, 0.2) is 77.7 Å². The zero-order chi connectivity index (χ0) is 28.9. The van der Waals surface area contributed by atoms with Crippen LogP contribution >= 0.6 is 11.6 Å². The number of nitrogens with zero attached hydrogens (tertiary/aromatic N) is 2. The van der Waals surface area contributed by atoms with E-state index >= 15 is 0 Å². The van der Waals surface area contributed by atoms with Crippen molar-refractivity contribution < 1.29 is 18.0 Å². The summed E-state index contributed by atoms with van der Waals surface area (Å²) in [4.78, 5) is 28.8. The summed E-state index contributed by atoms with van der Waals surface area (Å²) >= 11 is 6.21. The lowest BCUT2D eigenvalue weighted by Gasteiger charge is -2.32. The maximum absolute atomic E-state index is 14.0. The van der Waals surface area contributed by atoms with Crippen LogP contribution in [0, 0.1) is 13.8 Å². The Bertz CT molecular complexity index is 1450. The molecule has 0 spiro atoms. The number of sulfonamides is 1. The molecule has 1 aliphatic rings. The summed E-state index contributed by atoms with van der Waals surface area (Å²) in [5.41, 5.74) is 2.89. The summed E-state index contributed by atoms with van der Waals surface area (Å²) in [7, 11) is -4.10. The number of carbonyl (C=O) groups excluding carboxylic acids is 2. The largest absolute Gasteiger partial charge is 0.352 e. The zero-order valence-corrected chi connectivity index (χ0v) is 24.7. The highest BCUT2D eigenvalue weighted by molar-refractivity contribution is 7.92. The molecule has 1 aliphatic carbocycles. The molecule has 1 N–H and O–H groups in total. The van der Waals surface area contributed by atoms with Gasteiger partial charge < -0.3 is 10.2 Å². The number of aryl methyl sites for hydroxylation is 2. The van der Waals surface area contributed by atoms with Gasteiger partial charge in [0.15, 0.2) is 0 Å². The Balaban J connectivity index is 1.69. The standard InChI is InChI=1S/C31H36ClN3O4S/c1-22-14-16-29(17-15-22)40(38,39)35(28-13-6-8-23(2)18-28)21-30(36)34(20-25-9-7-10-26(32)19-25)24(3)31(37)33-27-11-4-5-12-27/h6-10,13-19,24,27H,4-5,11-12,20-21H2,1-3H3,(H,33,37)/t24-/m0/s1. The van der Waals surface area contributed by atoms with Crippen LogP contribution in [0.5, 0.6) is 0 Å². The average Bonchev–Trinajstić information content (AvgIpc) is 3.43. The number of anilines is 1. The van der Waals surface area contributed by atoms with Crippen molar-refractivity contribution in [3.05, 3.63) is 94.5 Å². The van der Waals surface area contributed by atoms with Crippen molar-refractivity contribution in [2.45, 2.75) is 70.0 Å². The Morgan fingerprint density at radius 2 is 1.62 bits per heavy atom. The molecule has 7 nitrogen and oxygen atoms in total. The molecular weight excluding hydrogens is 546 g/mol. The van der Waals surface area contributed by atoms with Gasteiger partial charge in [0.05, 0.1) is 10.6 Å². The van der Waals surface area contributed by atoms with Crippen LogP contribution in [-0.4, -0.2) is 43.8 Å². The van der Waals surface area contributed by atoms with Gasteiger partial charge in [-0.05, 0) is 81.1 Å². The quantitative estimate of drug-likeness (QED) is 0.336. The molecule has 40 heavy (non-hydrogen) atoms. The highest BCUT2D eigenvalue weighted by atomic mass is 35.5. The summed E-state index contributed by atoms with van der Waals surface area (Å²) in [6, 6.07) is 19.9. The highest BCUT2D eigenvalue weighted by Gasteiger charge is 2.33. The molecule has 0 aliphatic heterocycles. The predicted molar refractivity (Wildman–Crippen MR) is 159 cm³/mol. The summed E-state index contributed by atoms with van der Waals surface area (Å²) in [6.07, 6.45) is 3.95. The van der Waals surface area contributed by atoms with E-state index in [1.807, 2.05) is 26.0 Å². The molecule has 1 saturated carbocycles. The van der Waals surface area contributed by atoms with Gasteiger partial charge in [0.2, 0.25) is 11.8 Å². The van der Waals surface area contributed by atoms with Crippen LogP contribution < -0.4 is 9.62 Å². The lowest BCUT2D eigenvalue weighted by Crippen LogP contribution is -2.52. The van der Waals surface area contributed by atoms with Crippen molar-refractivity contribution in [3.63, 3.8) is 0 Å². The molecule has 0 saturated heterocycles. The molecule has 9 heteroatoms. The topological polar surface area (TPSA) is 86.8 Å². The fraction of sp³-hybridized carbons (Fsp3) is 0.355. The minimum Gasteiger partial charge on any atom is -0.352 e. The molecule has 0 aromatic heterocycles. The normalized spacial score (nSPS) is 14.5. The first kappa shape index (κ1) is 29.6. The SMILES string of the molecule is Cc1ccc(S(=O)(=O)N(CC(=O)N(Cc2cccc(Cl)c2)[C@@H](C)C(=O)NC2CCCC2)c2cccc(C)c2)cc1. The molecule has 1 fully saturated rings. The molecule has 2 amide bonds. The summed E-state index contributed by atoms with van der Waals surface area (Å²) in [5.74, 6) is -0.753. The fourth-order valence-corrected chi connectivity index (χ4v) is 6.57. The first-order valence-electron chi connectivity index (χ1n) is 13.5. The van der Waals surface area contributed by atoms with Gasteiger partial charge in [-0.15, -0.1) is 0 Å². The van der Waals surface area contributed by atoms with E-state index in [9.17, 15) is 18.0 Å². The number of halogens is 1. The molecule has 0 bridgehead atoms. The van der Waals surface area contributed by atoms with Gasteiger partial charge in [0.25, 0.3) is 10.0 Å². The number of carbonyl (C=O) groups is 2. The van der Waals surface area contributed by atoms with Gasteiger partial charge in [0.1, 0.15) is 12.6 Å². The molecule has 0 radical (unpaired) electrons. The van der Waals surface area contributed by atoms with Crippen molar-refractivity contribution in [3.8, 4) is 0 Å². The van der Waals surface area contributed by atoms with Gasteiger partial charge in [0, 0.05) is 17.6 Å². The second-order valence-corrected chi connectivity index (χ2v) is 12.8. The van der Waals surface area contributed by atoms with Gasteiger partial charge in [-0.1, -0.05) is 66.4 Å². The maximum atomic E-state index is 14.0. The van der Waals surface area contributed by atoms with E-state index in [2.05, 4.69) is 5.32 Å². The van der Waals surface area contributed by atoms with E-state index in [0.29, 0.717) is 10.7 Å². The number of amides is 2. The Kier molecular flexibility index (Phi) is 9.53. The van der Waals surface area contributed by atoms with Crippen molar-refractivity contribution in [2.24, 2.45) is 0 Å². The number of rotatable bonds is 10. The number of benzene rings is 3. The summed E-state index contributed by atoms with van der Waals surface area (Å²) in [5, 5.41) is 3.58. The highest BCUT2D eigenvalue weighted by Crippen LogP contribution is 2.26. The predicted octanol–water partition coefficient (Wildman–Crippen LogP) is 5.63. The Morgan fingerprint density at radius 3 is 2.27 bits per heavy atom. The fourth-order valence-electron chi connectivity index (χ4n) is 4.96. The van der Waals surface area contributed by atoms with Crippen molar-refractivity contribution in [2.75, 3.05) is 10.8 Å². The molecule has 212 valence electrons. The Hall–Kier alpha value is -3.36. The van der Waals surface area contributed by atoms with Crippen LogP contribution in [0.25, 0.3) is 0 Å². The van der Waals surface area contributed by atoms with E-state index in [-0.39, 0.29) is 23.4 Å². The van der Waals surface area contributed by atoms with E-state index in [1.54, 1.807) is 67.6 Å². The summed E-state index contributed by atoms with van der Waals surface area (Å²) < 4.78 is 28.9. The lowest BCUT2D eigenvalue weighted by atomic mass is 10.1. The van der Waals surface area contributed by atoms with E-state index in [1.165, 1.54) is 4.90 Å². The number of hydrogen-bond acceptors (Lipinski definition) is 4. The van der Waals surface area contributed by atoms with Crippen LogP contribution in [0.4, 0.5) is 5.69 Å². The summed E-state index contributed by atoms with van der Waals surface area (Å²) in [6.45, 7) is 5.05. The van der Waals surface area contributed by atoms with E-state index in [0.717, 1.165) is 46.7 Å². The third-order valence-corrected chi connectivity index (χ3v) is 9.31. The molecule has 3 aromatic rings. The van der Waals surface area contributed by atoms with Gasteiger partial charge >= 0.3 is 0 Å². The lowest BCUT2D eigenvalue weighted by molar-refractivity contribution is -0.139. The van der Waals surface area contributed by atoms with Crippen LogP contribution in [0.1, 0.15) is 49.3 Å². The molecule has 1 atom stereocenters. The smallest absolute Gasteiger partial charge is 0.264 e. The second-order valence-electron chi connectivity index (χ2n) is 10.5. The number of hydrogen-bond donors (Lipinski definition) is 1. The molecule has 3 aromatic carbocycles. The third kappa shape index (κ3) is 7.23. The van der Waals surface area contributed by atoms with Crippen LogP contribution in [0.3, 0.4) is 0 Å². The van der Waals surface area contributed by atoms with Gasteiger partial charge in [-0.2, -0.15) is 0 Å². The Morgan fingerprint density at radius 1 is 0.950 bits per heavy atom. The molecule has 0 unspecified atom stereocenters. The molecular formula is C31H36ClN3O4S. The van der Waals surface area contributed by atoms with Crippen LogP contribution in [0.2, 0.25) is 5.02 Å². The number of nitrogens with one attached hydrogen (secondary N) is 1.